The van der Waals surface area contributed by atoms with Gasteiger partial charge in [-0.3, -0.25) is 0 Å². The van der Waals surface area contributed by atoms with E-state index in [-0.39, 0.29) is 18.3 Å². The zero-order chi connectivity index (χ0) is 13.0. The highest BCUT2D eigenvalue weighted by molar-refractivity contribution is 6.30. The predicted molar refractivity (Wildman–Crippen MR) is 61.8 cm³/mol. The van der Waals surface area contributed by atoms with Crippen molar-refractivity contribution in [3.63, 3.8) is 0 Å². The minimum atomic E-state index is -2.50. The van der Waals surface area contributed by atoms with Gasteiger partial charge in [0.15, 0.2) is 11.0 Å². The summed E-state index contributed by atoms with van der Waals surface area (Å²) in [5, 5.41) is 16.6. The van der Waals surface area contributed by atoms with Gasteiger partial charge in [0.05, 0.1) is 13.2 Å². The molecule has 0 saturated heterocycles. The molecule has 0 aliphatic heterocycles. The fraction of sp³-hybridized carbons (Fsp3) is 0.600. The molecule has 0 aromatic carbocycles. The highest BCUT2D eigenvalue weighted by Crippen LogP contribution is 2.24. The first-order chi connectivity index (χ1) is 7.97. The summed E-state index contributed by atoms with van der Waals surface area (Å²) in [5.74, 6) is 0.334. The monoisotopic (exact) mass is 265 g/mol. The van der Waals surface area contributed by atoms with Crippen molar-refractivity contribution in [1.82, 2.24) is 10.2 Å². The second-order valence-electron chi connectivity index (χ2n) is 3.63. The number of rotatable bonds is 5. The minimum absolute atomic E-state index is 0.0843. The quantitative estimate of drug-likeness (QED) is 0.882. The highest BCUT2D eigenvalue weighted by atomic mass is 35.5. The van der Waals surface area contributed by atoms with Crippen molar-refractivity contribution in [3.05, 3.63) is 16.3 Å². The van der Waals surface area contributed by atoms with Crippen LogP contribution >= 0.6 is 11.6 Å². The molecule has 96 valence electrons. The third-order valence-corrected chi connectivity index (χ3v) is 2.83. The Hall–Kier alpha value is -1.01. The van der Waals surface area contributed by atoms with Crippen LogP contribution in [-0.2, 0) is 0 Å². The lowest BCUT2D eigenvalue weighted by Gasteiger charge is -2.24. The third kappa shape index (κ3) is 3.47. The number of hydrogen-bond acceptors (Lipinski definition) is 4. The molecule has 0 atom stereocenters. The van der Waals surface area contributed by atoms with E-state index in [2.05, 4.69) is 10.2 Å². The summed E-state index contributed by atoms with van der Waals surface area (Å²) in [5.41, 5.74) is 1.40. The molecule has 0 radical (unpaired) electrons. The molecule has 0 aliphatic carbocycles. The molecule has 0 bridgehead atoms. The first kappa shape index (κ1) is 14.1. The normalized spacial score (nSPS) is 11.0. The van der Waals surface area contributed by atoms with Gasteiger partial charge in [0.2, 0.25) is 0 Å². The Labute approximate surface area is 103 Å². The van der Waals surface area contributed by atoms with Gasteiger partial charge in [0.25, 0.3) is 6.43 Å². The predicted octanol–water partition coefficient (Wildman–Crippen LogP) is 1.81. The van der Waals surface area contributed by atoms with Gasteiger partial charge < -0.3 is 10.0 Å². The smallest absolute Gasteiger partial charge is 0.255 e. The molecule has 1 heterocycles. The lowest BCUT2D eigenvalue weighted by Crippen LogP contribution is -2.33. The zero-order valence-corrected chi connectivity index (χ0v) is 10.4. The van der Waals surface area contributed by atoms with Gasteiger partial charge in [-0.2, -0.15) is 0 Å². The number of halogens is 3. The molecule has 0 unspecified atom stereocenters. The molecular weight excluding hydrogens is 252 g/mol. The van der Waals surface area contributed by atoms with Crippen molar-refractivity contribution >= 4 is 17.4 Å². The van der Waals surface area contributed by atoms with Gasteiger partial charge >= 0.3 is 0 Å². The largest absolute Gasteiger partial charge is 0.395 e. The molecule has 0 fully saturated rings. The van der Waals surface area contributed by atoms with Gasteiger partial charge in [0, 0.05) is 6.54 Å². The number of aliphatic hydroxyl groups is 1. The third-order valence-electron chi connectivity index (χ3n) is 2.47. The molecule has 4 nitrogen and oxygen atoms in total. The molecule has 1 aromatic heterocycles. The number of aliphatic hydroxyl groups excluding tert-OH is 1. The van der Waals surface area contributed by atoms with Crippen LogP contribution < -0.4 is 4.90 Å². The second-order valence-corrected chi connectivity index (χ2v) is 3.98. The van der Waals surface area contributed by atoms with E-state index in [1.807, 2.05) is 0 Å². The maximum atomic E-state index is 12.4. The van der Waals surface area contributed by atoms with Crippen LogP contribution in [0.5, 0.6) is 0 Å². The van der Waals surface area contributed by atoms with Crippen LogP contribution in [0.1, 0.15) is 11.1 Å². The van der Waals surface area contributed by atoms with E-state index < -0.39 is 13.0 Å². The zero-order valence-electron chi connectivity index (χ0n) is 9.62. The van der Waals surface area contributed by atoms with E-state index in [1.165, 1.54) is 4.90 Å². The minimum Gasteiger partial charge on any atom is -0.395 e. The Kier molecular flexibility index (Phi) is 5.02. The van der Waals surface area contributed by atoms with Crippen molar-refractivity contribution in [2.45, 2.75) is 20.3 Å². The summed E-state index contributed by atoms with van der Waals surface area (Å²) in [4.78, 5) is 1.30. The highest BCUT2D eigenvalue weighted by Gasteiger charge is 2.18. The standard InChI is InChI=1S/C10H14ClF2N3O/c1-6-7(2)10(15-14-9(6)11)16(3-4-17)5-8(12)13/h8,17H,3-5H2,1-2H3. The Morgan fingerprint density at radius 3 is 2.47 bits per heavy atom. The van der Waals surface area contributed by atoms with Gasteiger partial charge in [-0.15, -0.1) is 10.2 Å². The summed E-state index contributed by atoms with van der Waals surface area (Å²) in [6, 6.07) is 0. The van der Waals surface area contributed by atoms with E-state index >= 15 is 0 Å². The first-order valence-corrected chi connectivity index (χ1v) is 5.48. The van der Waals surface area contributed by atoms with Crippen molar-refractivity contribution in [1.29, 1.82) is 0 Å². The summed E-state index contributed by atoms with van der Waals surface area (Å²) < 4.78 is 24.8. The van der Waals surface area contributed by atoms with Gasteiger partial charge in [-0.25, -0.2) is 8.78 Å². The van der Waals surface area contributed by atoms with E-state index in [0.29, 0.717) is 16.9 Å². The molecular formula is C10H14ClF2N3O. The van der Waals surface area contributed by atoms with Gasteiger partial charge in [-0.05, 0) is 25.0 Å². The van der Waals surface area contributed by atoms with Crippen molar-refractivity contribution in [2.24, 2.45) is 0 Å². The number of aromatic nitrogens is 2. The molecule has 17 heavy (non-hydrogen) atoms. The van der Waals surface area contributed by atoms with Crippen LogP contribution in [0.2, 0.25) is 5.15 Å². The van der Waals surface area contributed by atoms with Crippen LogP contribution in [0.3, 0.4) is 0 Å². The van der Waals surface area contributed by atoms with Crippen molar-refractivity contribution in [3.8, 4) is 0 Å². The first-order valence-electron chi connectivity index (χ1n) is 5.10. The molecule has 0 aliphatic rings. The van der Waals surface area contributed by atoms with Crippen molar-refractivity contribution in [2.75, 3.05) is 24.6 Å². The second kappa shape index (κ2) is 6.07. The maximum Gasteiger partial charge on any atom is 0.255 e. The van der Waals surface area contributed by atoms with E-state index in [0.717, 1.165) is 0 Å². The summed E-state index contributed by atoms with van der Waals surface area (Å²) in [7, 11) is 0. The number of hydrogen-bond donors (Lipinski definition) is 1. The van der Waals surface area contributed by atoms with Gasteiger partial charge in [0.1, 0.15) is 0 Å². The topological polar surface area (TPSA) is 49.2 Å². The molecule has 0 amide bonds. The number of nitrogens with zero attached hydrogens (tertiary/aromatic N) is 3. The Morgan fingerprint density at radius 1 is 1.29 bits per heavy atom. The van der Waals surface area contributed by atoms with E-state index in [4.69, 9.17) is 16.7 Å². The lowest BCUT2D eigenvalue weighted by atomic mass is 10.2. The molecule has 0 saturated carbocycles. The van der Waals surface area contributed by atoms with Crippen LogP contribution in [0, 0.1) is 13.8 Å². The molecule has 1 aromatic rings. The van der Waals surface area contributed by atoms with E-state index in [1.54, 1.807) is 13.8 Å². The molecule has 0 spiro atoms. The Morgan fingerprint density at radius 2 is 1.94 bits per heavy atom. The Bertz CT molecular complexity index is 390. The van der Waals surface area contributed by atoms with Gasteiger partial charge in [-0.1, -0.05) is 11.6 Å². The summed E-state index contributed by atoms with van der Waals surface area (Å²) in [6.07, 6.45) is -2.50. The fourth-order valence-corrected chi connectivity index (χ4v) is 1.61. The van der Waals surface area contributed by atoms with Crippen LogP contribution in [0.15, 0.2) is 0 Å². The fourth-order valence-electron chi connectivity index (χ4n) is 1.44. The molecule has 7 heteroatoms. The molecule has 1 rings (SSSR count). The van der Waals surface area contributed by atoms with Crippen LogP contribution in [0.25, 0.3) is 0 Å². The van der Waals surface area contributed by atoms with Crippen molar-refractivity contribution < 1.29 is 13.9 Å². The number of anilines is 1. The maximum absolute atomic E-state index is 12.4. The van der Waals surface area contributed by atoms with Crippen LogP contribution in [-0.4, -0.2) is 41.4 Å². The van der Waals surface area contributed by atoms with Crippen LogP contribution in [0.4, 0.5) is 14.6 Å². The lowest BCUT2D eigenvalue weighted by molar-refractivity contribution is 0.152. The van der Waals surface area contributed by atoms with E-state index in [9.17, 15) is 8.78 Å². The SMILES string of the molecule is Cc1c(Cl)nnc(N(CCO)CC(F)F)c1C. The summed E-state index contributed by atoms with van der Waals surface area (Å²) >= 11 is 5.78. The average Bonchev–Trinajstić information content (AvgIpc) is 2.25. The molecule has 1 N–H and O–H groups in total. The Balaban J connectivity index is 3.05. The number of alkyl halides is 2. The summed E-state index contributed by atoms with van der Waals surface area (Å²) in [6.45, 7) is 2.85. The average molecular weight is 266 g/mol.